The summed E-state index contributed by atoms with van der Waals surface area (Å²) >= 11 is 0. The van der Waals surface area contributed by atoms with E-state index in [1.165, 1.54) is 0 Å². The van der Waals surface area contributed by atoms with E-state index in [0.29, 0.717) is 12.2 Å². The highest BCUT2D eigenvalue weighted by atomic mass is 16.2. The molecule has 1 N–H and O–H groups in total. The average molecular weight is 288 g/mol. The molecule has 1 aromatic heterocycles. The topological polar surface area (TPSA) is 36.1 Å². The Morgan fingerprint density at radius 3 is 2.59 bits per heavy atom. The Kier molecular flexibility index (Phi) is 3.90. The third-order valence-electron chi connectivity index (χ3n) is 3.46. The molecule has 22 heavy (non-hydrogen) atoms. The number of nitrogens with one attached hydrogen (secondary N) is 1. The number of para-hydroxylation sites is 1. The number of aromatic amines is 1. The molecule has 2 aromatic carbocycles. The van der Waals surface area contributed by atoms with Crippen LogP contribution in [-0.2, 0) is 6.54 Å². The molecule has 0 radical (unpaired) electrons. The van der Waals surface area contributed by atoms with Gasteiger partial charge in [-0.2, -0.15) is 0 Å². The standard InChI is InChI=1S/C19H16N2O/c1-2-12-21(14-15-8-4-3-5-9-15)19(22)18-13-16-10-6-7-11-17(16)20-18/h3-13,20H,1,14H2. The molecule has 3 rings (SSSR count). The van der Waals surface area contributed by atoms with E-state index in [2.05, 4.69) is 17.3 Å². The number of fused-ring (bicyclic) bond motifs is 1. The molecule has 0 spiro atoms. The van der Waals surface area contributed by atoms with Gasteiger partial charge >= 0.3 is 0 Å². The molecule has 1 heterocycles. The van der Waals surface area contributed by atoms with Gasteiger partial charge in [0.05, 0.1) is 6.54 Å². The van der Waals surface area contributed by atoms with Crippen molar-refractivity contribution < 1.29 is 4.79 Å². The smallest absolute Gasteiger partial charge is 0.275 e. The van der Waals surface area contributed by atoms with E-state index in [-0.39, 0.29) is 5.91 Å². The van der Waals surface area contributed by atoms with Gasteiger partial charge in [0.15, 0.2) is 0 Å². The average Bonchev–Trinajstić information content (AvgIpc) is 2.99. The lowest BCUT2D eigenvalue weighted by Crippen LogP contribution is -2.25. The molecule has 0 atom stereocenters. The maximum absolute atomic E-state index is 12.7. The minimum absolute atomic E-state index is 0.101. The Bertz CT molecular complexity index is 809. The summed E-state index contributed by atoms with van der Waals surface area (Å²) in [5, 5.41) is 1.02. The van der Waals surface area contributed by atoms with Crippen molar-refractivity contribution in [3.05, 3.63) is 90.4 Å². The molecule has 0 saturated carbocycles. The minimum Gasteiger partial charge on any atom is -0.351 e. The normalized spacial score (nSPS) is 10.2. The second kappa shape index (κ2) is 6.17. The van der Waals surface area contributed by atoms with Crippen LogP contribution in [0.5, 0.6) is 0 Å². The van der Waals surface area contributed by atoms with Crippen molar-refractivity contribution in [2.24, 2.45) is 0 Å². The van der Waals surface area contributed by atoms with Crippen LogP contribution in [0.3, 0.4) is 0 Å². The Hall–Kier alpha value is -3.03. The fraction of sp³-hybridized carbons (Fsp3) is 0.0526. The molecule has 3 nitrogen and oxygen atoms in total. The van der Waals surface area contributed by atoms with Crippen LogP contribution in [0, 0.1) is 0 Å². The molecule has 3 aromatic rings. The number of amides is 1. The summed E-state index contributed by atoms with van der Waals surface area (Å²) in [7, 11) is 0. The molecular weight excluding hydrogens is 272 g/mol. The highest BCUT2D eigenvalue weighted by Gasteiger charge is 2.16. The molecule has 3 heteroatoms. The molecule has 0 bridgehead atoms. The van der Waals surface area contributed by atoms with Gasteiger partial charge in [0.25, 0.3) is 5.91 Å². The number of hydrogen-bond acceptors (Lipinski definition) is 1. The Morgan fingerprint density at radius 1 is 1.14 bits per heavy atom. The van der Waals surface area contributed by atoms with E-state index < -0.39 is 0 Å². The lowest BCUT2D eigenvalue weighted by atomic mass is 10.2. The van der Waals surface area contributed by atoms with Crippen LogP contribution in [0.4, 0.5) is 0 Å². The molecular formula is C19H16N2O. The Labute approximate surface area is 129 Å². The molecule has 0 aliphatic heterocycles. The molecule has 0 unspecified atom stereocenters. The van der Waals surface area contributed by atoms with Gasteiger partial charge in [-0.25, -0.2) is 0 Å². The summed E-state index contributed by atoms with van der Waals surface area (Å²) in [5.74, 6) is -0.101. The van der Waals surface area contributed by atoms with Crippen LogP contribution < -0.4 is 0 Å². The van der Waals surface area contributed by atoms with E-state index in [1.54, 1.807) is 11.1 Å². The highest BCUT2D eigenvalue weighted by molar-refractivity contribution is 5.98. The van der Waals surface area contributed by atoms with E-state index in [4.69, 9.17) is 0 Å². The van der Waals surface area contributed by atoms with Crippen LogP contribution in [0.15, 0.2) is 79.2 Å². The van der Waals surface area contributed by atoms with Gasteiger partial charge in [-0.15, -0.1) is 5.73 Å². The second-order valence-electron chi connectivity index (χ2n) is 5.02. The van der Waals surface area contributed by atoms with Gasteiger partial charge in [-0.3, -0.25) is 4.79 Å². The van der Waals surface area contributed by atoms with Crippen molar-refractivity contribution in [1.29, 1.82) is 0 Å². The zero-order valence-corrected chi connectivity index (χ0v) is 12.1. The third kappa shape index (κ3) is 2.85. The van der Waals surface area contributed by atoms with Crippen LogP contribution in [0.2, 0.25) is 0 Å². The van der Waals surface area contributed by atoms with Crippen molar-refractivity contribution >= 4 is 16.8 Å². The number of carbonyl (C=O) groups excluding carboxylic acids is 1. The zero-order valence-electron chi connectivity index (χ0n) is 12.1. The SMILES string of the molecule is C=C=CN(Cc1ccccc1)C(=O)c1cc2ccccc2[nH]1. The van der Waals surface area contributed by atoms with Gasteiger partial charge in [0.2, 0.25) is 0 Å². The lowest BCUT2D eigenvalue weighted by Gasteiger charge is -2.16. The first-order valence-electron chi connectivity index (χ1n) is 7.06. The van der Waals surface area contributed by atoms with Crippen molar-refractivity contribution in [2.45, 2.75) is 6.54 Å². The zero-order chi connectivity index (χ0) is 15.4. The second-order valence-corrected chi connectivity index (χ2v) is 5.02. The predicted molar refractivity (Wildman–Crippen MR) is 88.3 cm³/mol. The van der Waals surface area contributed by atoms with Crippen molar-refractivity contribution in [3.8, 4) is 0 Å². The number of H-pyrrole nitrogens is 1. The number of nitrogens with zero attached hydrogens (tertiary/aromatic N) is 1. The Balaban J connectivity index is 1.90. The fourth-order valence-corrected chi connectivity index (χ4v) is 2.41. The lowest BCUT2D eigenvalue weighted by molar-refractivity contribution is 0.0809. The summed E-state index contributed by atoms with van der Waals surface area (Å²) in [6.45, 7) is 4.06. The summed E-state index contributed by atoms with van der Waals surface area (Å²) in [4.78, 5) is 17.5. The fourth-order valence-electron chi connectivity index (χ4n) is 2.41. The highest BCUT2D eigenvalue weighted by Crippen LogP contribution is 2.17. The number of hydrogen-bond donors (Lipinski definition) is 1. The molecule has 1 amide bonds. The molecule has 0 aliphatic carbocycles. The first kappa shape index (κ1) is 13.9. The van der Waals surface area contributed by atoms with Gasteiger partial charge in [-0.1, -0.05) is 55.1 Å². The van der Waals surface area contributed by atoms with Gasteiger partial charge < -0.3 is 9.88 Å². The summed E-state index contributed by atoms with van der Waals surface area (Å²) in [6, 6.07) is 19.5. The van der Waals surface area contributed by atoms with E-state index in [0.717, 1.165) is 16.5 Å². The van der Waals surface area contributed by atoms with Crippen LogP contribution >= 0.6 is 0 Å². The Morgan fingerprint density at radius 2 is 1.86 bits per heavy atom. The largest absolute Gasteiger partial charge is 0.351 e. The van der Waals surface area contributed by atoms with E-state index >= 15 is 0 Å². The maximum Gasteiger partial charge on any atom is 0.275 e. The number of carbonyl (C=O) groups is 1. The summed E-state index contributed by atoms with van der Waals surface area (Å²) in [6.07, 6.45) is 1.58. The van der Waals surface area contributed by atoms with Gasteiger partial charge in [0.1, 0.15) is 5.69 Å². The first-order chi connectivity index (χ1) is 10.8. The van der Waals surface area contributed by atoms with Gasteiger partial charge in [0, 0.05) is 17.1 Å². The molecule has 0 aliphatic rings. The summed E-state index contributed by atoms with van der Waals surface area (Å²) < 4.78 is 0. The monoisotopic (exact) mass is 288 g/mol. The van der Waals surface area contributed by atoms with Crippen LogP contribution in [0.1, 0.15) is 16.1 Å². The van der Waals surface area contributed by atoms with Crippen molar-refractivity contribution in [2.75, 3.05) is 0 Å². The maximum atomic E-state index is 12.7. The predicted octanol–water partition coefficient (Wildman–Crippen LogP) is 4.11. The quantitative estimate of drug-likeness (QED) is 0.721. The minimum atomic E-state index is -0.101. The van der Waals surface area contributed by atoms with Crippen molar-refractivity contribution in [3.63, 3.8) is 0 Å². The van der Waals surface area contributed by atoms with Crippen molar-refractivity contribution in [1.82, 2.24) is 9.88 Å². The van der Waals surface area contributed by atoms with E-state index in [9.17, 15) is 4.79 Å². The first-order valence-corrected chi connectivity index (χ1v) is 7.06. The number of aromatic nitrogens is 1. The van der Waals surface area contributed by atoms with Gasteiger partial charge in [-0.05, 0) is 17.7 Å². The van der Waals surface area contributed by atoms with Crippen LogP contribution in [-0.4, -0.2) is 15.8 Å². The molecule has 108 valence electrons. The van der Waals surface area contributed by atoms with Crippen LogP contribution in [0.25, 0.3) is 10.9 Å². The van der Waals surface area contributed by atoms with E-state index in [1.807, 2.05) is 60.7 Å². The third-order valence-corrected chi connectivity index (χ3v) is 3.46. The number of benzene rings is 2. The molecule has 0 fully saturated rings. The number of rotatable bonds is 4. The molecule has 0 saturated heterocycles. The summed E-state index contributed by atoms with van der Waals surface area (Å²) in [5.41, 5.74) is 5.25.